The van der Waals surface area contributed by atoms with Crippen LogP contribution in [0.3, 0.4) is 0 Å². The van der Waals surface area contributed by atoms with Crippen LogP contribution in [0.5, 0.6) is 0 Å². The van der Waals surface area contributed by atoms with Crippen molar-refractivity contribution in [2.45, 2.75) is 18.8 Å². The molecule has 5 nitrogen and oxygen atoms in total. The summed E-state index contributed by atoms with van der Waals surface area (Å²) in [6, 6.07) is 0. The van der Waals surface area contributed by atoms with E-state index in [1.807, 2.05) is 4.90 Å². The molecule has 1 aromatic rings. The molecule has 1 aromatic heterocycles. The third-order valence-corrected chi connectivity index (χ3v) is 3.82. The summed E-state index contributed by atoms with van der Waals surface area (Å²) in [6.07, 6.45) is 3.18. The second-order valence-corrected chi connectivity index (χ2v) is 5.02. The van der Waals surface area contributed by atoms with E-state index in [1.165, 1.54) is 6.33 Å². The van der Waals surface area contributed by atoms with Crippen LogP contribution in [0.4, 0.5) is 10.2 Å². The topological polar surface area (TPSA) is 50.3 Å². The summed E-state index contributed by atoms with van der Waals surface area (Å²) in [5, 5.41) is 3.26. The van der Waals surface area contributed by atoms with Gasteiger partial charge in [-0.3, -0.25) is 0 Å². The number of rotatable bonds is 2. The Labute approximate surface area is 112 Å². The molecular weight excluding hydrogens is 247 g/mol. The molecule has 2 fully saturated rings. The van der Waals surface area contributed by atoms with Gasteiger partial charge >= 0.3 is 0 Å². The zero-order valence-corrected chi connectivity index (χ0v) is 10.9. The van der Waals surface area contributed by atoms with E-state index in [0.717, 1.165) is 39.0 Å². The van der Waals surface area contributed by atoms with Gasteiger partial charge in [0.1, 0.15) is 6.33 Å². The maximum Gasteiger partial charge on any atom is 0.187 e. The van der Waals surface area contributed by atoms with E-state index in [9.17, 15) is 4.39 Å². The Kier molecular flexibility index (Phi) is 3.89. The zero-order chi connectivity index (χ0) is 13.1. The molecule has 2 aliphatic heterocycles. The number of hydrogen-bond donors (Lipinski definition) is 1. The smallest absolute Gasteiger partial charge is 0.187 e. The van der Waals surface area contributed by atoms with Crippen LogP contribution in [0.15, 0.2) is 6.33 Å². The van der Waals surface area contributed by atoms with Crippen molar-refractivity contribution >= 4 is 5.82 Å². The first-order chi connectivity index (χ1) is 9.36. The molecule has 3 heterocycles. The Hall–Kier alpha value is -1.27. The zero-order valence-electron chi connectivity index (χ0n) is 10.9. The number of aromatic nitrogens is 2. The van der Waals surface area contributed by atoms with Crippen LogP contribution in [-0.4, -0.2) is 49.4 Å². The number of nitrogens with one attached hydrogen (secondary N) is 1. The highest BCUT2D eigenvalue weighted by Gasteiger charge is 2.25. The molecule has 19 heavy (non-hydrogen) atoms. The normalized spacial score (nSPS) is 21.6. The summed E-state index contributed by atoms with van der Waals surface area (Å²) >= 11 is 0. The van der Waals surface area contributed by atoms with Crippen molar-refractivity contribution in [1.82, 2.24) is 15.3 Å². The van der Waals surface area contributed by atoms with Crippen LogP contribution in [0.2, 0.25) is 0 Å². The minimum absolute atomic E-state index is 0.165. The van der Waals surface area contributed by atoms with Gasteiger partial charge in [0, 0.05) is 45.3 Å². The summed E-state index contributed by atoms with van der Waals surface area (Å²) in [6.45, 7) is 4.71. The Morgan fingerprint density at radius 3 is 2.68 bits per heavy atom. The number of ether oxygens (including phenoxy) is 1. The average Bonchev–Trinajstić information content (AvgIpc) is 2.49. The molecule has 0 aromatic carbocycles. The number of piperazine rings is 1. The van der Waals surface area contributed by atoms with Gasteiger partial charge in [-0.1, -0.05) is 0 Å². The first-order valence-corrected chi connectivity index (χ1v) is 6.90. The summed E-state index contributed by atoms with van der Waals surface area (Å²) in [4.78, 5) is 10.3. The van der Waals surface area contributed by atoms with Crippen molar-refractivity contribution in [2.75, 3.05) is 44.3 Å². The van der Waals surface area contributed by atoms with Crippen LogP contribution in [-0.2, 0) is 4.74 Å². The lowest BCUT2D eigenvalue weighted by molar-refractivity contribution is 0.0836. The lowest BCUT2D eigenvalue weighted by Crippen LogP contribution is -2.44. The number of nitrogens with zero attached hydrogens (tertiary/aromatic N) is 3. The van der Waals surface area contributed by atoms with Crippen molar-refractivity contribution in [2.24, 2.45) is 0 Å². The molecule has 0 unspecified atom stereocenters. The minimum atomic E-state index is -0.240. The molecule has 0 bridgehead atoms. The molecule has 0 atom stereocenters. The van der Waals surface area contributed by atoms with E-state index in [-0.39, 0.29) is 11.7 Å². The van der Waals surface area contributed by atoms with Gasteiger partial charge in [-0.25, -0.2) is 14.4 Å². The van der Waals surface area contributed by atoms with E-state index in [4.69, 9.17) is 4.74 Å². The van der Waals surface area contributed by atoms with Gasteiger partial charge in [0.15, 0.2) is 11.6 Å². The van der Waals surface area contributed by atoms with E-state index >= 15 is 0 Å². The fourth-order valence-corrected chi connectivity index (χ4v) is 2.73. The molecular formula is C13H19FN4O. The van der Waals surface area contributed by atoms with Crippen molar-refractivity contribution in [3.8, 4) is 0 Å². The van der Waals surface area contributed by atoms with Crippen molar-refractivity contribution in [3.05, 3.63) is 17.8 Å². The second kappa shape index (κ2) is 5.79. The van der Waals surface area contributed by atoms with E-state index in [2.05, 4.69) is 15.3 Å². The molecule has 0 aliphatic carbocycles. The largest absolute Gasteiger partial charge is 0.381 e. The van der Waals surface area contributed by atoms with Crippen molar-refractivity contribution < 1.29 is 9.13 Å². The molecule has 0 radical (unpaired) electrons. The number of hydrogen-bond acceptors (Lipinski definition) is 5. The van der Waals surface area contributed by atoms with Crippen LogP contribution >= 0.6 is 0 Å². The molecule has 0 saturated carbocycles. The predicted molar refractivity (Wildman–Crippen MR) is 69.9 cm³/mol. The maximum absolute atomic E-state index is 14.6. The molecule has 104 valence electrons. The average molecular weight is 266 g/mol. The van der Waals surface area contributed by atoms with Gasteiger partial charge in [-0.2, -0.15) is 0 Å². The first-order valence-electron chi connectivity index (χ1n) is 6.90. The van der Waals surface area contributed by atoms with Gasteiger partial charge < -0.3 is 15.0 Å². The lowest BCUT2D eigenvalue weighted by Gasteiger charge is -2.29. The Bertz CT molecular complexity index is 394. The van der Waals surface area contributed by atoms with Gasteiger partial charge in [0.25, 0.3) is 0 Å². The van der Waals surface area contributed by atoms with Gasteiger partial charge in [0.2, 0.25) is 0 Å². The highest BCUT2D eigenvalue weighted by Crippen LogP contribution is 2.30. The van der Waals surface area contributed by atoms with E-state index in [0.29, 0.717) is 24.7 Å². The Morgan fingerprint density at radius 1 is 1.21 bits per heavy atom. The van der Waals surface area contributed by atoms with Gasteiger partial charge in [0.05, 0.1) is 5.69 Å². The fourth-order valence-electron chi connectivity index (χ4n) is 2.73. The lowest BCUT2D eigenvalue weighted by atomic mass is 9.96. The number of halogens is 1. The monoisotopic (exact) mass is 266 g/mol. The van der Waals surface area contributed by atoms with Crippen molar-refractivity contribution in [1.29, 1.82) is 0 Å². The minimum Gasteiger partial charge on any atom is -0.381 e. The molecule has 6 heteroatoms. The molecule has 0 amide bonds. The van der Waals surface area contributed by atoms with Gasteiger partial charge in [-0.05, 0) is 12.8 Å². The highest BCUT2D eigenvalue weighted by molar-refractivity contribution is 5.42. The molecule has 2 aliphatic rings. The van der Waals surface area contributed by atoms with Crippen LogP contribution < -0.4 is 10.2 Å². The number of anilines is 1. The van der Waals surface area contributed by atoms with Crippen LogP contribution in [0, 0.1) is 5.82 Å². The molecule has 1 N–H and O–H groups in total. The predicted octanol–water partition coefficient (Wildman–Crippen LogP) is 0.919. The SMILES string of the molecule is Fc1c(C2CCOCC2)ncnc1N1CCNCC1. The van der Waals surface area contributed by atoms with E-state index < -0.39 is 0 Å². The highest BCUT2D eigenvalue weighted by atomic mass is 19.1. The Balaban J connectivity index is 1.84. The first kappa shape index (κ1) is 12.7. The third-order valence-electron chi connectivity index (χ3n) is 3.82. The molecule has 2 saturated heterocycles. The van der Waals surface area contributed by atoms with Crippen LogP contribution in [0.25, 0.3) is 0 Å². The molecule has 0 spiro atoms. The van der Waals surface area contributed by atoms with Crippen LogP contribution in [0.1, 0.15) is 24.5 Å². The second-order valence-electron chi connectivity index (χ2n) is 5.02. The third kappa shape index (κ3) is 2.69. The molecule has 3 rings (SSSR count). The van der Waals surface area contributed by atoms with E-state index in [1.54, 1.807) is 0 Å². The van der Waals surface area contributed by atoms with Crippen molar-refractivity contribution in [3.63, 3.8) is 0 Å². The fraction of sp³-hybridized carbons (Fsp3) is 0.692. The Morgan fingerprint density at radius 2 is 1.95 bits per heavy atom. The summed E-state index contributed by atoms with van der Waals surface area (Å²) in [5.41, 5.74) is 0.562. The quantitative estimate of drug-likeness (QED) is 0.862. The standard InChI is InChI=1S/C13H19FN4O/c14-11-12(10-1-7-19-8-2-10)16-9-17-13(11)18-5-3-15-4-6-18/h9-10,15H,1-8H2. The van der Waals surface area contributed by atoms with Gasteiger partial charge in [-0.15, -0.1) is 0 Å². The summed E-state index contributed by atoms with van der Waals surface area (Å²) in [5.74, 6) is 0.382. The summed E-state index contributed by atoms with van der Waals surface area (Å²) in [7, 11) is 0. The summed E-state index contributed by atoms with van der Waals surface area (Å²) < 4.78 is 19.9. The maximum atomic E-state index is 14.6.